The van der Waals surface area contributed by atoms with Gasteiger partial charge in [0.15, 0.2) is 6.10 Å². The number of benzene rings is 1. The van der Waals surface area contributed by atoms with Crippen LogP contribution in [0.4, 0.5) is 0 Å². The highest BCUT2D eigenvalue weighted by Gasteiger charge is 2.39. The van der Waals surface area contributed by atoms with Crippen LogP contribution in [-0.4, -0.2) is 42.6 Å². The molecule has 3 rings (SSSR count). The summed E-state index contributed by atoms with van der Waals surface area (Å²) in [5.74, 6) is 1.11. The Labute approximate surface area is 113 Å². The van der Waals surface area contributed by atoms with Crippen molar-refractivity contribution in [1.29, 1.82) is 0 Å². The second kappa shape index (κ2) is 4.85. The van der Waals surface area contributed by atoms with E-state index >= 15 is 0 Å². The highest BCUT2D eigenvalue weighted by molar-refractivity contribution is 5.84. The quantitative estimate of drug-likeness (QED) is 0.829. The number of piperazine rings is 1. The number of hydrogen-bond acceptors (Lipinski definition) is 3. The minimum Gasteiger partial charge on any atom is -0.480 e. The summed E-state index contributed by atoms with van der Waals surface area (Å²) in [7, 11) is 0. The first-order valence-electron chi connectivity index (χ1n) is 6.95. The molecule has 4 heteroatoms. The van der Waals surface area contributed by atoms with E-state index in [1.54, 1.807) is 0 Å². The third-order valence-electron chi connectivity index (χ3n) is 4.15. The molecule has 0 spiro atoms. The van der Waals surface area contributed by atoms with Crippen molar-refractivity contribution in [3.05, 3.63) is 29.8 Å². The summed E-state index contributed by atoms with van der Waals surface area (Å²) >= 11 is 0. The summed E-state index contributed by atoms with van der Waals surface area (Å²) in [6, 6.07) is 8.18. The minimum atomic E-state index is -0.363. The maximum atomic E-state index is 12.7. The second-order valence-corrected chi connectivity index (χ2v) is 5.45. The molecule has 1 N–H and O–H groups in total. The van der Waals surface area contributed by atoms with Crippen LogP contribution in [0, 0.1) is 0 Å². The zero-order valence-electron chi connectivity index (χ0n) is 11.4. The van der Waals surface area contributed by atoms with E-state index in [1.807, 2.05) is 23.1 Å². The molecule has 19 heavy (non-hydrogen) atoms. The fourth-order valence-electron chi connectivity index (χ4n) is 2.96. The van der Waals surface area contributed by atoms with Crippen LogP contribution in [-0.2, 0) is 4.79 Å². The first kappa shape index (κ1) is 12.5. The van der Waals surface area contributed by atoms with E-state index in [0.717, 1.165) is 30.9 Å². The Kier molecular flexibility index (Phi) is 3.19. The van der Waals surface area contributed by atoms with Crippen LogP contribution in [0.5, 0.6) is 5.75 Å². The third kappa shape index (κ3) is 2.10. The van der Waals surface area contributed by atoms with Gasteiger partial charge in [-0.25, -0.2) is 0 Å². The zero-order chi connectivity index (χ0) is 13.4. The van der Waals surface area contributed by atoms with Gasteiger partial charge in [0.2, 0.25) is 0 Å². The molecule has 0 bridgehead atoms. The lowest BCUT2D eigenvalue weighted by atomic mass is 9.96. The first-order chi connectivity index (χ1) is 9.18. The summed E-state index contributed by atoms with van der Waals surface area (Å²) in [4.78, 5) is 14.6. The average Bonchev–Trinajstić information content (AvgIpc) is 2.77. The maximum absolute atomic E-state index is 12.7. The number of ether oxygens (including phenoxy) is 1. The fourth-order valence-corrected chi connectivity index (χ4v) is 2.96. The lowest BCUT2D eigenvalue weighted by Gasteiger charge is -2.36. The van der Waals surface area contributed by atoms with E-state index in [4.69, 9.17) is 4.74 Å². The topological polar surface area (TPSA) is 41.6 Å². The van der Waals surface area contributed by atoms with Crippen molar-refractivity contribution >= 4 is 5.91 Å². The molecule has 0 unspecified atom stereocenters. The number of carbonyl (C=O) groups excluding carboxylic acids is 1. The molecule has 1 fully saturated rings. The highest BCUT2D eigenvalue weighted by atomic mass is 16.5. The molecule has 0 radical (unpaired) electrons. The number of amides is 1. The molecule has 4 nitrogen and oxygen atoms in total. The van der Waals surface area contributed by atoms with Gasteiger partial charge in [0.25, 0.3) is 5.91 Å². The van der Waals surface area contributed by atoms with Gasteiger partial charge in [0.1, 0.15) is 5.75 Å². The van der Waals surface area contributed by atoms with E-state index in [-0.39, 0.29) is 24.0 Å². The van der Waals surface area contributed by atoms with E-state index in [9.17, 15) is 4.79 Å². The summed E-state index contributed by atoms with van der Waals surface area (Å²) in [5.41, 5.74) is 1.14. The van der Waals surface area contributed by atoms with E-state index in [1.165, 1.54) is 0 Å². The molecule has 2 aliphatic rings. The number of nitrogens with zero attached hydrogens (tertiary/aromatic N) is 1. The smallest absolute Gasteiger partial charge is 0.264 e. The summed E-state index contributed by atoms with van der Waals surface area (Å²) in [6.07, 6.45) is -0.363. The van der Waals surface area contributed by atoms with Gasteiger partial charge in [0.05, 0.1) is 0 Å². The molecule has 1 aromatic carbocycles. The van der Waals surface area contributed by atoms with Gasteiger partial charge in [-0.05, 0) is 13.0 Å². The van der Waals surface area contributed by atoms with E-state index in [0.29, 0.717) is 0 Å². The largest absolute Gasteiger partial charge is 0.480 e. The number of fused-ring (bicyclic) bond motifs is 1. The molecular formula is C15H20N2O2. The van der Waals surface area contributed by atoms with Gasteiger partial charge in [0, 0.05) is 37.2 Å². The van der Waals surface area contributed by atoms with Crippen molar-refractivity contribution in [1.82, 2.24) is 10.2 Å². The minimum absolute atomic E-state index is 0.123. The van der Waals surface area contributed by atoms with Gasteiger partial charge in [-0.3, -0.25) is 4.79 Å². The third-order valence-corrected chi connectivity index (χ3v) is 4.15. The zero-order valence-corrected chi connectivity index (χ0v) is 11.4. The van der Waals surface area contributed by atoms with Crippen molar-refractivity contribution in [2.24, 2.45) is 0 Å². The molecule has 2 heterocycles. The van der Waals surface area contributed by atoms with E-state index in [2.05, 4.69) is 25.2 Å². The molecule has 1 amide bonds. The number of hydrogen-bond donors (Lipinski definition) is 1. The average molecular weight is 260 g/mol. The summed E-state index contributed by atoms with van der Waals surface area (Å²) in [6.45, 7) is 6.64. The Morgan fingerprint density at radius 1 is 1.37 bits per heavy atom. The first-order valence-corrected chi connectivity index (χ1v) is 6.95. The predicted octanol–water partition coefficient (Wildman–Crippen LogP) is 1.37. The maximum Gasteiger partial charge on any atom is 0.264 e. The molecule has 0 aliphatic carbocycles. The number of nitrogens with one attached hydrogen (secondary N) is 1. The lowest BCUT2D eigenvalue weighted by Crippen LogP contribution is -2.55. The van der Waals surface area contributed by atoms with Crippen LogP contribution in [0.1, 0.15) is 25.3 Å². The number of carbonyl (C=O) groups is 1. The van der Waals surface area contributed by atoms with Crippen LogP contribution in [0.15, 0.2) is 24.3 Å². The molecule has 3 atom stereocenters. The van der Waals surface area contributed by atoms with Crippen molar-refractivity contribution in [2.45, 2.75) is 31.9 Å². The van der Waals surface area contributed by atoms with Crippen molar-refractivity contribution in [2.75, 3.05) is 19.6 Å². The van der Waals surface area contributed by atoms with Crippen LogP contribution >= 0.6 is 0 Å². The number of rotatable bonds is 1. The van der Waals surface area contributed by atoms with Crippen LogP contribution < -0.4 is 10.1 Å². The molecule has 1 saturated heterocycles. The predicted molar refractivity (Wildman–Crippen MR) is 73.3 cm³/mol. The van der Waals surface area contributed by atoms with Crippen molar-refractivity contribution in [3.63, 3.8) is 0 Å². The Hall–Kier alpha value is -1.55. The monoisotopic (exact) mass is 260 g/mol. The fraction of sp³-hybridized carbons (Fsp3) is 0.533. The highest BCUT2D eigenvalue weighted by Crippen LogP contribution is 2.38. The molecular weight excluding hydrogens is 240 g/mol. The summed E-state index contributed by atoms with van der Waals surface area (Å²) < 4.78 is 5.87. The lowest BCUT2D eigenvalue weighted by molar-refractivity contribution is -0.141. The SMILES string of the molecule is C[C@@H]1c2ccccc2O[C@@H]1C(=O)N1CCNC[C@H]1C. The molecule has 102 valence electrons. The summed E-state index contributed by atoms with van der Waals surface area (Å²) in [5, 5.41) is 3.30. The van der Waals surface area contributed by atoms with Gasteiger partial charge < -0.3 is 15.0 Å². The Morgan fingerprint density at radius 2 is 2.16 bits per heavy atom. The number of para-hydroxylation sites is 1. The van der Waals surface area contributed by atoms with Gasteiger partial charge in [-0.15, -0.1) is 0 Å². The van der Waals surface area contributed by atoms with Crippen molar-refractivity contribution < 1.29 is 9.53 Å². The Morgan fingerprint density at radius 3 is 2.89 bits per heavy atom. The Bertz CT molecular complexity index is 489. The van der Waals surface area contributed by atoms with Gasteiger partial charge >= 0.3 is 0 Å². The van der Waals surface area contributed by atoms with Gasteiger partial charge in [-0.2, -0.15) is 0 Å². The van der Waals surface area contributed by atoms with Crippen LogP contribution in [0.3, 0.4) is 0 Å². The molecule has 0 aromatic heterocycles. The second-order valence-electron chi connectivity index (χ2n) is 5.45. The molecule has 2 aliphatic heterocycles. The van der Waals surface area contributed by atoms with Gasteiger partial charge in [-0.1, -0.05) is 25.1 Å². The van der Waals surface area contributed by atoms with E-state index < -0.39 is 0 Å². The van der Waals surface area contributed by atoms with Crippen LogP contribution in [0.25, 0.3) is 0 Å². The molecule has 0 saturated carbocycles. The molecule has 1 aromatic rings. The normalized spacial score (nSPS) is 29.8. The standard InChI is InChI=1S/C15H20N2O2/c1-10-9-16-7-8-17(10)15(18)14-11(2)12-5-3-4-6-13(12)19-14/h3-6,10-11,14,16H,7-9H2,1-2H3/t10-,11-,14+/m1/s1. The van der Waals surface area contributed by atoms with Crippen molar-refractivity contribution in [3.8, 4) is 5.75 Å². The Balaban J connectivity index is 1.79. The van der Waals surface area contributed by atoms with Crippen LogP contribution in [0.2, 0.25) is 0 Å².